The van der Waals surface area contributed by atoms with Crippen LogP contribution in [0.2, 0.25) is 0 Å². The molecule has 0 spiro atoms. The molecule has 0 aromatic carbocycles. The summed E-state index contributed by atoms with van der Waals surface area (Å²) in [4.78, 5) is 11.3. The van der Waals surface area contributed by atoms with Crippen molar-refractivity contribution in [3.8, 4) is 0 Å². The van der Waals surface area contributed by atoms with E-state index in [1.165, 1.54) is 12.8 Å². The Kier molecular flexibility index (Phi) is 5.80. The molecule has 2 N–H and O–H groups in total. The van der Waals surface area contributed by atoms with E-state index in [2.05, 4.69) is 0 Å². The van der Waals surface area contributed by atoms with Crippen LogP contribution in [-0.4, -0.2) is 25.0 Å². The molecule has 1 aliphatic heterocycles. The fraction of sp³-hybridized carbons (Fsp3) is 0.909. The first-order chi connectivity index (χ1) is 6.83. The van der Waals surface area contributed by atoms with Crippen molar-refractivity contribution in [1.82, 2.24) is 0 Å². The predicted molar refractivity (Wildman–Crippen MR) is 56.1 cm³/mol. The van der Waals surface area contributed by atoms with Crippen LogP contribution in [0.25, 0.3) is 0 Å². The van der Waals surface area contributed by atoms with Crippen molar-refractivity contribution in [2.24, 2.45) is 5.73 Å². The van der Waals surface area contributed by atoms with Gasteiger partial charge in [0.15, 0.2) is 0 Å². The molecule has 0 amide bonds. The summed E-state index contributed by atoms with van der Waals surface area (Å²) in [7, 11) is 0. The van der Waals surface area contributed by atoms with Gasteiger partial charge in [0.1, 0.15) is 5.78 Å². The maximum atomic E-state index is 11.3. The van der Waals surface area contributed by atoms with Crippen molar-refractivity contribution in [3.63, 3.8) is 0 Å². The molecular weight excluding hydrogens is 178 g/mol. The third-order valence-corrected chi connectivity index (χ3v) is 2.67. The van der Waals surface area contributed by atoms with E-state index in [1.54, 1.807) is 0 Å². The molecule has 0 aliphatic carbocycles. The number of ether oxygens (including phenoxy) is 1. The maximum absolute atomic E-state index is 11.3. The minimum atomic E-state index is 0.355. The fourth-order valence-electron chi connectivity index (χ4n) is 1.82. The maximum Gasteiger partial charge on any atom is 0.132 e. The lowest BCUT2D eigenvalue weighted by Gasteiger charge is -2.07. The Morgan fingerprint density at radius 2 is 2.14 bits per heavy atom. The fourth-order valence-corrected chi connectivity index (χ4v) is 1.82. The van der Waals surface area contributed by atoms with Crippen LogP contribution in [0.1, 0.15) is 44.9 Å². The van der Waals surface area contributed by atoms with Gasteiger partial charge in [-0.2, -0.15) is 0 Å². The van der Waals surface area contributed by atoms with E-state index in [1.807, 2.05) is 0 Å². The summed E-state index contributed by atoms with van der Waals surface area (Å²) in [6, 6.07) is 0. The van der Waals surface area contributed by atoms with Crippen LogP contribution in [0.15, 0.2) is 0 Å². The molecule has 0 saturated carbocycles. The minimum absolute atomic E-state index is 0.355. The Hall–Kier alpha value is -0.410. The monoisotopic (exact) mass is 199 g/mol. The van der Waals surface area contributed by atoms with Crippen LogP contribution < -0.4 is 5.73 Å². The largest absolute Gasteiger partial charge is 0.378 e. The second kappa shape index (κ2) is 6.96. The van der Waals surface area contributed by atoms with Crippen LogP contribution in [-0.2, 0) is 9.53 Å². The Labute approximate surface area is 86.0 Å². The van der Waals surface area contributed by atoms with Crippen molar-refractivity contribution in [3.05, 3.63) is 0 Å². The number of hydrogen-bond acceptors (Lipinski definition) is 3. The first-order valence-electron chi connectivity index (χ1n) is 5.66. The van der Waals surface area contributed by atoms with Crippen LogP contribution in [0.3, 0.4) is 0 Å². The van der Waals surface area contributed by atoms with E-state index in [0.717, 1.165) is 25.9 Å². The number of carbonyl (C=O) groups is 1. The van der Waals surface area contributed by atoms with Gasteiger partial charge in [0.05, 0.1) is 6.10 Å². The van der Waals surface area contributed by atoms with Gasteiger partial charge < -0.3 is 10.5 Å². The average molecular weight is 199 g/mol. The van der Waals surface area contributed by atoms with Gasteiger partial charge in [0.25, 0.3) is 0 Å². The third-order valence-electron chi connectivity index (χ3n) is 2.67. The van der Waals surface area contributed by atoms with Gasteiger partial charge >= 0.3 is 0 Å². The highest BCUT2D eigenvalue weighted by Crippen LogP contribution is 2.17. The first kappa shape index (κ1) is 11.7. The van der Waals surface area contributed by atoms with Crippen LogP contribution in [0, 0.1) is 0 Å². The summed E-state index contributed by atoms with van der Waals surface area (Å²) in [5.74, 6) is 0.355. The van der Waals surface area contributed by atoms with Crippen LogP contribution >= 0.6 is 0 Å². The predicted octanol–water partition coefficient (Wildman–Crippen LogP) is 1.64. The van der Waals surface area contributed by atoms with E-state index in [4.69, 9.17) is 10.5 Å². The standard InChI is InChI=1S/C11H21NO2/c12-8-2-5-10(13)4-1-6-11-7-3-9-14-11/h11H,1-9,12H2. The molecule has 82 valence electrons. The molecule has 1 atom stereocenters. The normalized spacial score (nSPS) is 21.4. The molecule has 1 fully saturated rings. The first-order valence-corrected chi connectivity index (χ1v) is 5.66. The van der Waals surface area contributed by atoms with E-state index < -0.39 is 0 Å². The lowest BCUT2D eigenvalue weighted by atomic mass is 10.1. The molecule has 3 heteroatoms. The second-order valence-corrected chi connectivity index (χ2v) is 3.96. The summed E-state index contributed by atoms with van der Waals surface area (Å²) >= 11 is 0. The van der Waals surface area contributed by atoms with Crippen LogP contribution in [0.4, 0.5) is 0 Å². The number of nitrogens with two attached hydrogens (primary N) is 1. The number of hydrogen-bond donors (Lipinski definition) is 1. The zero-order valence-corrected chi connectivity index (χ0v) is 8.84. The molecule has 0 aromatic rings. The molecule has 0 radical (unpaired) electrons. The number of ketones is 1. The summed E-state index contributed by atoms with van der Waals surface area (Å²) in [6.07, 6.45) is 7.02. The van der Waals surface area contributed by atoms with Gasteiger partial charge in [-0.15, -0.1) is 0 Å². The van der Waals surface area contributed by atoms with E-state index >= 15 is 0 Å². The van der Waals surface area contributed by atoms with Gasteiger partial charge in [-0.1, -0.05) is 0 Å². The van der Waals surface area contributed by atoms with E-state index in [-0.39, 0.29) is 0 Å². The molecule has 3 nitrogen and oxygen atoms in total. The lowest BCUT2D eigenvalue weighted by molar-refractivity contribution is -0.119. The lowest BCUT2D eigenvalue weighted by Crippen LogP contribution is -2.07. The molecule has 0 aromatic heterocycles. The Morgan fingerprint density at radius 1 is 1.36 bits per heavy atom. The molecule has 14 heavy (non-hydrogen) atoms. The highest BCUT2D eigenvalue weighted by Gasteiger charge is 2.15. The molecule has 1 aliphatic rings. The number of carbonyl (C=O) groups excluding carboxylic acids is 1. The molecule has 1 heterocycles. The van der Waals surface area contributed by atoms with Crippen molar-refractivity contribution in [1.29, 1.82) is 0 Å². The third kappa shape index (κ3) is 4.72. The van der Waals surface area contributed by atoms with E-state index in [9.17, 15) is 4.79 Å². The van der Waals surface area contributed by atoms with Crippen LogP contribution in [0.5, 0.6) is 0 Å². The topological polar surface area (TPSA) is 52.3 Å². The number of rotatable bonds is 7. The van der Waals surface area contributed by atoms with Crippen molar-refractivity contribution < 1.29 is 9.53 Å². The van der Waals surface area contributed by atoms with Gasteiger partial charge in [-0.3, -0.25) is 4.79 Å². The Morgan fingerprint density at radius 3 is 2.79 bits per heavy atom. The van der Waals surface area contributed by atoms with Crippen molar-refractivity contribution in [2.45, 2.75) is 51.0 Å². The Balaban J connectivity index is 1.94. The molecule has 1 rings (SSSR count). The van der Waals surface area contributed by atoms with Crippen molar-refractivity contribution >= 4 is 5.78 Å². The summed E-state index contributed by atoms with van der Waals surface area (Å²) in [5, 5.41) is 0. The van der Waals surface area contributed by atoms with Gasteiger partial charge in [0, 0.05) is 19.4 Å². The number of Topliss-reactive ketones (excluding diaryl/α,β-unsaturated/α-hetero) is 1. The highest BCUT2D eigenvalue weighted by molar-refractivity contribution is 5.78. The summed E-state index contributed by atoms with van der Waals surface area (Å²) < 4.78 is 5.48. The molecule has 1 unspecified atom stereocenters. The summed E-state index contributed by atoms with van der Waals surface area (Å²) in [6.45, 7) is 1.53. The zero-order valence-electron chi connectivity index (χ0n) is 8.84. The second-order valence-electron chi connectivity index (χ2n) is 3.96. The van der Waals surface area contributed by atoms with Gasteiger partial charge in [-0.05, 0) is 38.6 Å². The quantitative estimate of drug-likeness (QED) is 0.678. The molecule has 0 bridgehead atoms. The Bertz CT molecular complexity index is 165. The van der Waals surface area contributed by atoms with Crippen molar-refractivity contribution in [2.75, 3.05) is 13.2 Å². The average Bonchev–Trinajstić information content (AvgIpc) is 2.67. The summed E-state index contributed by atoms with van der Waals surface area (Å²) in [5.41, 5.74) is 5.33. The zero-order chi connectivity index (χ0) is 10.2. The van der Waals surface area contributed by atoms with Gasteiger partial charge in [0.2, 0.25) is 0 Å². The van der Waals surface area contributed by atoms with Gasteiger partial charge in [-0.25, -0.2) is 0 Å². The molecule has 1 saturated heterocycles. The van der Waals surface area contributed by atoms with E-state index in [0.29, 0.717) is 31.3 Å². The highest BCUT2D eigenvalue weighted by atomic mass is 16.5. The SMILES string of the molecule is NCCCC(=O)CCCC1CCCO1. The smallest absolute Gasteiger partial charge is 0.132 e. The molecular formula is C11H21NO2. The minimum Gasteiger partial charge on any atom is -0.378 e.